The number of ether oxygens (including phenoxy) is 1. The molecule has 0 saturated carbocycles. The van der Waals surface area contributed by atoms with Crippen molar-refractivity contribution in [1.29, 1.82) is 0 Å². The molecule has 1 aromatic rings. The number of rotatable bonds is 3. The molecule has 1 N–H and O–H groups in total. The van der Waals surface area contributed by atoms with E-state index in [1.54, 1.807) is 20.2 Å². The van der Waals surface area contributed by atoms with Gasteiger partial charge >= 0.3 is 0 Å². The van der Waals surface area contributed by atoms with E-state index in [0.29, 0.717) is 10.8 Å². The van der Waals surface area contributed by atoms with Gasteiger partial charge in [-0.1, -0.05) is 18.5 Å². The van der Waals surface area contributed by atoms with E-state index in [4.69, 9.17) is 16.3 Å². The lowest BCUT2D eigenvalue weighted by molar-refractivity contribution is 0.368. The molecule has 0 unspecified atom stereocenters. The number of halogens is 1. The monoisotopic (exact) mass is 200 g/mol. The topological polar surface area (TPSA) is 37.9 Å². The number of methoxy groups -OCH3 is 1. The quantitative estimate of drug-likeness (QED) is 0.762. The third kappa shape index (κ3) is 2.04. The fraction of sp³-hybridized carbons (Fsp3) is 0.444. The SMILES string of the molecule is CCc1[nH]ncc1/C(OC)=C(\C)Cl. The largest absolute Gasteiger partial charge is 0.495 e. The van der Waals surface area contributed by atoms with Gasteiger partial charge in [0.1, 0.15) is 5.76 Å². The van der Waals surface area contributed by atoms with Crippen LogP contribution in [0.2, 0.25) is 0 Å². The highest BCUT2D eigenvalue weighted by Crippen LogP contribution is 2.23. The molecule has 13 heavy (non-hydrogen) atoms. The van der Waals surface area contributed by atoms with Gasteiger partial charge in [-0.05, 0) is 13.3 Å². The molecule has 72 valence electrons. The zero-order valence-electron chi connectivity index (χ0n) is 8.02. The average Bonchev–Trinajstić information content (AvgIpc) is 2.53. The van der Waals surface area contributed by atoms with Gasteiger partial charge in [-0.15, -0.1) is 0 Å². The van der Waals surface area contributed by atoms with E-state index in [-0.39, 0.29) is 0 Å². The second kappa shape index (κ2) is 4.33. The van der Waals surface area contributed by atoms with Crippen molar-refractivity contribution in [2.45, 2.75) is 20.3 Å². The lowest BCUT2D eigenvalue weighted by atomic mass is 10.1. The summed E-state index contributed by atoms with van der Waals surface area (Å²) in [4.78, 5) is 0. The summed E-state index contributed by atoms with van der Waals surface area (Å²) in [6, 6.07) is 0. The van der Waals surface area contributed by atoms with Crippen molar-refractivity contribution in [2.24, 2.45) is 0 Å². The number of allylic oxidation sites excluding steroid dienone is 1. The first-order chi connectivity index (χ1) is 6.20. The third-order valence-electron chi connectivity index (χ3n) is 1.83. The molecule has 4 heteroatoms. The molecule has 0 radical (unpaired) electrons. The lowest BCUT2D eigenvalue weighted by Crippen LogP contribution is -1.92. The molecule has 0 spiro atoms. The average molecular weight is 201 g/mol. The molecule has 0 aliphatic rings. The van der Waals surface area contributed by atoms with Crippen LogP contribution in [0.4, 0.5) is 0 Å². The Kier molecular flexibility index (Phi) is 3.37. The van der Waals surface area contributed by atoms with E-state index in [9.17, 15) is 0 Å². The summed E-state index contributed by atoms with van der Waals surface area (Å²) in [6.45, 7) is 3.85. The van der Waals surface area contributed by atoms with E-state index >= 15 is 0 Å². The Labute approximate surface area is 82.7 Å². The zero-order chi connectivity index (χ0) is 9.84. The summed E-state index contributed by atoms with van der Waals surface area (Å²) >= 11 is 5.88. The third-order valence-corrected chi connectivity index (χ3v) is 2.01. The molecule has 0 saturated heterocycles. The van der Waals surface area contributed by atoms with Gasteiger partial charge in [-0.25, -0.2) is 0 Å². The van der Waals surface area contributed by atoms with E-state index < -0.39 is 0 Å². The minimum absolute atomic E-state index is 0.638. The lowest BCUT2D eigenvalue weighted by Gasteiger charge is -2.06. The molecule has 1 aromatic heterocycles. The Morgan fingerprint density at radius 1 is 1.69 bits per heavy atom. The van der Waals surface area contributed by atoms with E-state index in [1.807, 2.05) is 6.92 Å². The summed E-state index contributed by atoms with van der Waals surface area (Å²) in [6.07, 6.45) is 2.61. The number of nitrogens with zero attached hydrogens (tertiary/aromatic N) is 1. The predicted molar refractivity (Wildman–Crippen MR) is 53.4 cm³/mol. The van der Waals surface area contributed by atoms with Gasteiger partial charge in [0.2, 0.25) is 0 Å². The second-order valence-electron chi connectivity index (χ2n) is 2.68. The van der Waals surface area contributed by atoms with Crippen molar-refractivity contribution in [2.75, 3.05) is 7.11 Å². The number of H-pyrrole nitrogens is 1. The van der Waals surface area contributed by atoms with Crippen molar-refractivity contribution in [3.63, 3.8) is 0 Å². The molecular weight excluding hydrogens is 188 g/mol. The van der Waals surface area contributed by atoms with Crippen molar-refractivity contribution < 1.29 is 4.74 Å². The van der Waals surface area contributed by atoms with E-state index in [2.05, 4.69) is 10.2 Å². The van der Waals surface area contributed by atoms with Gasteiger partial charge in [0.05, 0.1) is 23.9 Å². The highest BCUT2D eigenvalue weighted by Gasteiger charge is 2.11. The molecule has 0 amide bonds. The van der Waals surface area contributed by atoms with Crippen LogP contribution in [-0.4, -0.2) is 17.3 Å². The molecule has 1 heterocycles. The summed E-state index contributed by atoms with van der Waals surface area (Å²) in [5.41, 5.74) is 1.98. The van der Waals surface area contributed by atoms with Crippen LogP contribution in [-0.2, 0) is 11.2 Å². The summed E-state index contributed by atoms with van der Waals surface area (Å²) in [7, 11) is 1.60. The van der Waals surface area contributed by atoms with Crippen LogP contribution in [0.1, 0.15) is 25.1 Å². The van der Waals surface area contributed by atoms with Gasteiger partial charge in [-0.2, -0.15) is 5.10 Å². The van der Waals surface area contributed by atoms with Crippen LogP contribution >= 0.6 is 11.6 Å². The van der Waals surface area contributed by atoms with Crippen LogP contribution in [0, 0.1) is 0 Å². The maximum Gasteiger partial charge on any atom is 0.143 e. The predicted octanol–water partition coefficient (Wildman–Crippen LogP) is 2.55. The number of hydrogen-bond acceptors (Lipinski definition) is 2. The molecule has 1 rings (SSSR count). The number of aromatic amines is 1. The first-order valence-corrected chi connectivity index (χ1v) is 4.51. The van der Waals surface area contributed by atoms with Gasteiger partial charge in [-0.3, -0.25) is 5.10 Å². The highest BCUT2D eigenvalue weighted by molar-refractivity contribution is 6.31. The normalized spacial score (nSPS) is 12.6. The number of aryl methyl sites for hydroxylation is 1. The van der Waals surface area contributed by atoms with Crippen molar-refractivity contribution >= 4 is 17.4 Å². The fourth-order valence-electron chi connectivity index (χ4n) is 1.21. The smallest absolute Gasteiger partial charge is 0.143 e. The van der Waals surface area contributed by atoms with Crippen LogP contribution < -0.4 is 0 Å². The molecule has 0 aromatic carbocycles. The summed E-state index contributed by atoms with van der Waals surface area (Å²) in [5.74, 6) is 0.687. The summed E-state index contributed by atoms with van der Waals surface area (Å²) < 4.78 is 5.19. The second-order valence-corrected chi connectivity index (χ2v) is 3.25. The van der Waals surface area contributed by atoms with Crippen molar-refractivity contribution in [3.05, 3.63) is 22.5 Å². The standard InChI is InChI=1S/C9H13ClN2O/c1-4-8-7(5-11-12-8)9(13-3)6(2)10/h5H,4H2,1-3H3,(H,11,12)/b9-6-. The maximum atomic E-state index is 5.88. The van der Waals surface area contributed by atoms with Crippen molar-refractivity contribution in [3.8, 4) is 0 Å². The first kappa shape index (κ1) is 10.1. The Balaban J connectivity index is 3.12. The Bertz CT molecular complexity index is 313. The zero-order valence-corrected chi connectivity index (χ0v) is 8.77. The molecule has 0 aliphatic carbocycles. The van der Waals surface area contributed by atoms with E-state index in [1.165, 1.54) is 0 Å². The number of hydrogen-bond donors (Lipinski definition) is 1. The molecule has 0 fully saturated rings. The van der Waals surface area contributed by atoms with Gasteiger partial charge in [0, 0.05) is 5.69 Å². The number of nitrogens with one attached hydrogen (secondary N) is 1. The Hall–Kier alpha value is -0.960. The fourth-order valence-corrected chi connectivity index (χ4v) is 1.39. The van der Waals surface area contributed by atoms with Crippen LogP contribution in [0.15, 0.2) is 11.2 Å². The minimum Gasteiger partial charge on any atom is -0.495 e. The maximum absolute atomic E-state index is 5.88. The molecule has 0 atom stereocenters. The van der Waals surface area contributed by atoms with Crippen LogP contribution in [0.3, 0.4) is 0 Å². The van der Waals surface area contributed by atoms with Crippen molar-refractivity contribution in [1.82, 2.24) is 10.2 Å². The van der Waals surface area contributed by atoms with E-state index in [0.717, 1.165) is 17.7 Å². The number of aromatic nitrogens is 2. The van der Waals surface area contributed by atoms with Gasteiger partial charge < -0.3 is 4.74 Å². The molecule has 0 aliphatic heterocycles. The van der Waals surface area contributed by atoms with Crippen LogP contribution in [0.5, 0.6) is 0 Å². The first-order valence-electron chi connectivity index (χ1n) is 4.13. The Morgan fingerprint density at radius 2 is 2.38 bits per heavy atom. The molecular formula is C9H13ClN2O. The van der Waals surface area contributed by atoms with Gasteiger partial charge in [0.15, 0.2) is 0 Å². The molecule has 0 bridgehead atoms. The minimum atomic E-state index is 0.638. The molecule has 3 nitrogen and oxygen atoms in total. The summed E-state index contributed by atoms with van der Waals surface area (Å²) in [5, 5.41) is 7.49. The van der Waals surface area contributed by atoms with Crippen LogP contribution in [0.25, 0.3) is 5.76 Å². The van der Waals surface area contributed by atoms with Gasteiger partial charge in [0.25, 0.3) is 0 Å². The highest BCUT2D eigenvalue weighted by atomic mass is 35.5. The Morgan fingerprint density at radius 3 is 2.85 bits per heavy atom.